The first-order chi connectivity index (χ1) is 14.8. The van der Waals surface area contributed by atoms with Crippen LogP contribution in [0.3, 0.4) is 0 Å². The Morgan fingerprint density at radius 3 is 2.13 bits per heavy atom. The van der Waals surface area contributed by atoms with Gasteiger partial charge in [0.05, 0.1) is 13.2 Å². The molecule has 0 spiro atoms. The van der Waals surface area contributed by atoms with Crippen LogP contribution in [-0.2, 0) is 11.3 Å². The van der Waals surface area contributed by atoms with Gasteiger partial charge >= 0.3 is 0 Å². The number of hydrogen-bond donors (Lipinski definition) is 0. The van der Waals surface area contributed by atoms with E-state index in [0.717, 1.165) is 43.3 Å². The van der Waals surface area contributed by atoms with Crippen LogP contribution in [0, 0.1) is 17.8 Å². The van der Waals surface area contributed by atoms with E-state index in [1.165, 1.54) is 69.8 Å². The van der Waals surface area contributed by atoms with Gasteiger partial charge in [0.15, 0.2) is 0 Å². The van der Waals surface area contributed by atoms with E-state index < -0.39 is 0 Å². The van der Waals surface area contributed by atoms with Gasteiger partial charge in [-0.2, -0.15) is 0 Å². The summed E-state index contributed by atoms with van der Waals surface area (Å²) in [5.41, 5.74) is 2.85. The van der Waals surface area contributed by atoms with Crippen LogP contribution in [0.5, 0.6) is 0 Å². The topological polar surface area (TPSA) is 9.23 Å². The molecule has 2 fully saturated rings. The first-order valence-corrected chi connectivity index (χ1v) is 12.7. The van der Waals surface area contributed by atoms with E-state index in [9.17, 15) is 0 Å². The zero-order valence-corrected chi connectivity index (χ0v) is 19.5. The molecular weight excluding hydrogens is 364 g/mol. The maximum Gasteiger partial charge on any atom is 0.0721 e. The van der Waals surface area contributed by atoms with E-state index in [1.807, 2.05) is 0 Å². The lowest BCUT2D eigenvalue weighted by molar-refractivity contribution is 0.148. The van der Waals surface area contributed by atoms with Crippen LogP contribution in [-0.4, -0.2) is 6.61 Å². The molecular formula is C29H44O. The Morgan fingerprint density at radius 1 is 0.833 bits per heavy atom. The predicted octanol–water partition coefficient (Wildman–Crippen LogP) is 8.61. The monoisotopic (exact) mass is 408 g/mol. The minimum absolute atomic E-state index is 0.720. The molecule has 1 aromatic carbocycles. The SMILES string of the molecule is C/C=C/CC[C@H]1CC[C@H](C2CCC(c3ccc(COCC=CCC)cc3)CC2)CC1. The van der Waals surface area contributed by atoms with Crippen molar-refractivity contribution in [2.45, 2.75) is 97.0 Å². The lowest BCUT2D eigenvalue weighted by Gasteiger charge is -2.38. The molecule has 0 saturated heterocycles. The highest BCUT2D eigenvalue weighted by Gasteiger charge is 2.31. The van der Waals surface area contributed by atoms with Gasteiger partial charge in [-0.3, -0.25) is 0 Å². The molecule has 3 rings (SSSR count). The molecule has 0 unspecified atom stereocenters. The van der Waals surface area contributed by atoms with Crippen molar-refractivity contribution in [3.63, 3.8) is 0 Å². The third-order valence-corrected chi connectivity index (χ3v) is 7.64. The van der Waals surface area contributed by atoms with Gasteiger partial charge in [-0.1, -0.05) is 68.3 Å². The summed E-state index contributed by atoms with van der Waals surface area (Å²) in [6.45, 7) is 5.74. The maximum absolute atomic E-state index is 5.73. The number of benzene rings is 1. The van der Waals surface area contributed by atoms with Crippen LogP contribution in [0.2, 0.25) is 0 Å². The largest absolute Gasteiger partial charge is 0.373 e. The van der Waals surface area contributed by atoms with Crippen molar-refractivity contribution in [3.05, 3.63) is 59.7 Å². The van der Waals surface area contributed by atoms with E-state index in [-0.39, 0.29) is 0 Å². The molecule has 2 saturated carbocycles. The summed E-state index contributed by atoms with van der Waals surface area (Å²) < 4.78 is 5.73. The molecule has 30 heavy (non-hydrogen) atoms. The Labute approximate surface area is 186 Å². The Bertz CT molecular complexity index is 625. The fourth-order valence-electron chi connectivity index (χ4n) is 5.74. The second kappa shape index (κ2) is 13.2. The highest BCUT2D eigenvalue weighted by Crippen LogP contribution is 2.44. The summed E-state index contributed by atoms with van der Waals surface area (Å²) in [6.07, 6.45) is 24.3. The van der Waals surface area contributed by atoms with Crippen molar-refractivity contribution in [3.8, 4) is 0 Å². The van der Waals surface area contributed by atoms with Crippen molar-refractivity contribution in [2.24, 2.45) is 17.8 Å². The first-order valence-electron chi connectivity index (χ1n) is 12.7. The summed E-state index contributed by atoms with van der Waals surface area (Å²) in [4.78, 5) is 0. The average molecular weight is 409 g/mol. The third kappa shape index (κ3) is 7.41. The van der Waals surface area contributed by atoms with E-state index in [1.54, 1.807) is 5.56 Å². The number of allylic oxidation sites excluding steroid dienone is 3. The van der Waals surface area contributed by atoms with Crippen LogP contribution >= 0.6 is 0 Å². The van der Waals surface area contributed by atoms with Gasteiger partial charge < -0.3 is 4.74 Å². The quantitative estimate of drug-likeness (QED) is 0.278. The molecule has 0 amide bonds. The second-order valence-corrected chi connectivity index (χ2v) is 9.68. The lowest BCUT2D eigenvalue weighted by Crippen LogP contribution is -2.25. The summed E-state index contributed by atoms with van der Waals surface area (Å²) in [5, 5.41) is 0. The molecule has 1 aromatic rings. The van der Waals surface area contributed by atoms with Crippen LogP contribution in [0.25, 0.3) is 0 Å². The lowest BCUT2D eigenvalue weighted by atomic mass is 9.68. The summed E-state index contributed by atoms with van der Waals surface area (Å²) >= 11 is 0. The normalized spacial score (nSPS) is 27.8. The Morgan fingerprint density at radius 2 is 1.50 bits per heavy atom. The molecule has 0 N–H and O–H groups in total. The van der Waals surface area contributed by atoms with Gasteiger partial charge in [-0.05, 0) is 99.5 Å². The number of hydrogen-bond acceptors (Lipinski definition) is 1. The van der Waals surface area contributed by atoms with E-state index in [2.05, 4.69) is 62.4 Å². The minimum atomic E-state index is 0.720. The highest BCUT2D eigenvalue weighted by molar-refractivity contribution is 5.25. The molecule has 2 aliphatic rings. The van der Waals surface area contributed by atoms with Gasteiger partial charge in [-0.15, -0.1) is 0 Å². The zero-order chi connectivity index (χ0) is 21.0. The average Bonchev–Trinajstić information content (AvgIpc) is 2.80. The van der Waals surface area contributed by atoms with Crippen molar-refractivity contribution < 1.29 is 4.74 Å². The van der Waals surface area contributed by atoms with E-state index in [0.29, 0.717) is 0 Å². The molecule has 1 heteroatoms. The van der Waals surface area contributed by atoms with Crippen molar-refractivity contribution in [1.29, 1.82) is 0 Å². The third-order valence-electron chi connectivity index (χ3n) is 7.64. The minimum Gasteiger partial charge on any atom is -0.373 e. The fourth-order valence-corrected chi connectivity index (χ4v) is 5.74. The van der Waals surface area contributed by atoms with Crippen molar-refractivity contribution in [1.82, 2.24) is 0 Å². The molecule has 1 nitrogen and oxygen atoms in total. The molecule has 0 atom stereocenters. The van der Waals surface area contributed by atoms with Crippen molar-refractivity contribution >= 4 is 0 Å². The Kier molecular flexibility index (Phi) is 10.2. The summed E-state index contributed by atoms with van der Waals surface area (Å²) in [5.74, 6) is 3.80. The van der Waals surface area contributed by atoms with E-state index in [4.69, 9.17) is 4.74 Å². The van der Waals surface area contributed by atoms with Crippen LogP contribution < -0.4 is 0 Å². The van der Waals surface area contributed by atoms with Gasteiger partial charge in [0.1, 0.15) is 0 Å². The van der Waals surface area contributed by atoms with Crippen molar-refractivity contribution in [2.75, 3.05) is 6.61 Å². The Hall–Kier alpha value is -1.34. The molecule has 0 bridgehead atoms. The number of ether oxygens (including phenoxy) is 1. The predicted molar refractivity (Wildman–Crippen MR) is 130 cm³/mol. The first kappa shape index (κ1) is 23.3. The summed E-state index contributed by atoms with van der Waals surface area (Å²) in [6, 6.07) is 9.28. The molecule has 166 valence electrons. The second-order valence-electron chi connectivity index (χ2n) is 9.68. The van der Waals surface area contributed by atoms with Gasteiger partial charge in [0.25, 0.3) is 0 Å². The Balaban J connectivity index is 1.36. The summed E-state index contributed by atoms with van der Waals surface area (Å²) in [7, 11) is 0. The molecule has 2 aliphatic carbocycles. The fraction of sp³-hybridized carbons (Fsp3) is 0.655. The van der Waals surface area contributed by atoms with Gasteiger partial charge in [-0.25, -0.2) is 0 Å². The standard InChI is InChI=1S/C29H44O/c1-3-5-7-9-24-10-14-26(15-11-24)28-18-20-29(21-19-28)27-16-12-25(13-17-27)23-30-22-8-6-4-2/h3,5-6,8,12-13,16-17,24,26,28-29H,4,7,9-11,14-15,18-23H2,1-2H3/b5-3+,8-6?/t24-,26-,28?,29?. The van der Waals surface area contributed by atoms with E-state index >= 15 is 0 Å². The molecule has 0 aliphatic heterocycles. The maximum atomic E-state index is 5.73. The molecule has 0 radical (unpaired) electrons. The van der Waals surface area contributed by atoms with Crippen LogP contribution in [0.1, 0.15) is 102 Å². The number of rotatable bonds is 10. The molecule has 0 aromatic heterocycles. The van der Waals surface area contributed by atoms with Crippen LogP contribution in [0.15, 0.2) is 48.6 Å². The van der Waals surface area contributed by atoms with Gasteiger partial charge in [0.2, 0.25) is 0 Å². The zero-order valence-electron chi connectivity index (χ0n) is 19.5. The van der Waals surface area contributed by atoms with Gasteiger partial charge in [0, 0.05) is 0 Å². The van der Waals surface area contributed by atoms with Crippen LogP contribution in [0.4, 0.5) is 0 Å². The molecule has 0 heterocycles. The highest BCUT2D eigenvalue weighted by atomic mass is 16.5. The smallest absolute Gasteiger partial charge is 0.0721 e.